The summed E-state index contributed by atoms with van der Waals surface area (Å²) in [6.45, 7) is 10.2. The van der Waals surface area contributed by atoms with Crippen molar-refractivity contribution in [2.24, 2.45) is 11.8 Å². The Bertz CT molecular complexity index is 2960. The van der Waals surface area contributed by atoms with Crippen LogP contribution in [-0.2, 0) is 20.9 Å². The Morgan fingerprint density at radius 3 is 2.38 bits per heavy atom. The molecule has 3 aromatic carbocycles. The minimum atomic E-state index is -0.698. The number of H-pyrrole nitrogens is 2. The van der Waals surface area contributed by atoms with Gasteiger partial charge in [-0.1, -0.05) is 55.2 Å². The summed E-state index contributed by atoms with van der Waals surface area (Å²) in [6.07, 6.45) is 5.98. The van der Waals surface area contributed by atoms with Crippen molar-refractivity contribution in [3.05, 3.63) is 128 Å². The average molecular weight is 1010 g/mol. The number of amides is 2. The zero-order valence-electron chi connectivity index (χ0n) is 40.0. The van der Waals surface area contributed by atoms with E-state index in [1.807, 2.05) is 38.7 Å². The lowest BCUT2D eigenvalue weighted by molar-refractivity contribution is -0.146. The number of aromatic nitrogens is 5. The average Bonchev–Trinajstić information content (AvgIpc) is 3.99. The third-order valence-corrected chi connectivity index (χ3v) is 13.7. The molecule has 2 fully saturated rings. The Balaban J connectivity index is 0.803. The van der Waals surface area contributed by atoms with E-state index >= 15 is 4.39 Å². The number of aromatic amines is 2. The van der Waals surface area contributed by atoms with Gasteiger partial charge in [-0.25, -0.2) is 23.8 Å². The number of aromatic hydroxyl groups is 2. The molecule has 1 atom stereocenters. The molecule has 2 aliphatic rings. The number of pyridine rings is 1. The van der Waals surface area contributed by atoms with Crippen molar-refractivity contribution in [3.63, 3.8) is 0 Å². The van der Waals surface area contributed by atoms with E-state index in [0.717, 1.165) is 0 Å². The maximum absolute atomic E-state index is 15.7. The van der Waals surface area contributed by atoms with Crippen LogP contribution in [0.1, 0.15) is 98.9 Å². The van der Waals surface area contributed by atoms with Gasteiger partial charge in [-0.2, -0.15) is 5.10 Å². The van der Waals surface area contributed by atoms with E-state index in [1.54, 1.807) is 60.9 Å². The molecule has 2 aliphatic heterocycles. The molecule has 0 spiro atoms. The monoisotopic (exact) mass is 1010 g/mol. The highest BCUT2D eigenvalue weighted by atomic mass is 35.5. The number of phenols is 2. The number of esters is 1. The summed E-state index contributed by atoms with van der Waals surface area (Å²) in [5.41, 5.74) is 3.16. The van der Waals surface area contributed by atoms with Crippen molar-refractivity contribution in [1.82, 2.24) is 39.8 Å². The number of ether oxygens (including phenoxy) is 1. The topological polar surface area (TPSA) is 211 Å². The first-order chi connectivity index (χ1) is 34.0. The van der Waals surface area contributed by atoms with Gasteiger partial charge >= 0.3 is 11.7 Å². The number of hydrogen-bond acceptors (Lipinski definition) is 11. The summed E-state index contributed by atoms with van der Waals surface area (Å²) in [5, 5.41) is 34.6. The van der Waals surface area contributed by atoms with Crippen LogP contribution < -0.4 is 16.3 Å². The number of anilines is 1. The van der Waals surface area contributed by atoms with Gasteiger partial charge in [0.2, 0.25) is 5.91 Å². The smallest absolute Gasteiger partial charge is 0.348 e. The minimum absolute atomic E-state index is 0.0268. The number of carbonyl (C=O) groups excluding carboxylic acids is 3. The van der Waals surface area contributed by atoms with Gasteiger partial charge in [-0.05, 0) is 118 Å². The Hall–Kier alpha value is -6.69. The number of nitrogens with zero attached hydrogens (tertiary/aromatic N) is 5. The maximum atomic E-state index is 15.7. The fourth-order valence-corrected chi connectivity index (χ4v) is 9.73. The van der Waals surface area contributed by atoms with Crippen molar-refractivity contribution in [2.75, 3.05) is 38.1 Å². The van der Waals surface area contributed by atoms with Gasteiger partial charge in [0.25, 0.3) is 5.91 Å². The van der Waals surface area contributed by atoms with Crippen LogP contribution in [0.4, 0.5) is 10.2 Å². The highest BCUT2D eigenvalue weighted by Crippen LogP contribution is 2.38. The third kappa shape index (κ3) is 12.1. The predicted octanol–water partition coefficient (Wildman–Crippen LogP) is 8.97. The quantitative estimate of drug-likeness (QED) is 0.0504. The van der Waals surface area contributed by atoms with Crippen LogP contribution in [0.15, 0.2) is 83.9 Å². The number of carbonyl (C=O) groups is 3. The van der Waals surface area contributed by atoms with E-state index in [9.17, 15) is 29.4 Å². The predicted molar refractivity (Wildman–Crippen MR) is 269 cm³/mol. The number of nitrogens with one attached hydrogen (secondary N) is 4. The number of benzene rings is 3. The first-order valence-electron chi connectivity index (χ1n) is 23.9. The lowest BCUT2D eigenvalue weighted by atomic mass is 9.90. The Morgan fingerprint density at radius 2 is 1.68 bits per heavy atom. The normalized spacial score (nSPS) is 15.3. The fourth-order valence-electron chi connectivity index (χ4n) is 9.32. The van der Waals surface area contributed by atoms with Crippen LogP contribution >= 0.6 is 23.2 Å². The highest BCUT2D eigenvalue weighted by molar-refractivity contribution is 6.33. The highest BCUT2D eigenvalue weighted by Gasteiger charge is 2.32. The lowest BCUT2D eigenvalue weighted by Crippen LogP contribution is -2.45. The Morgan fingerprint density at radius 1 is 0.915 bits per heavy atom. The largest absolute Gasteiger partial charge is 0.508 e. The summed E-state index contributed by atoms with van der Waals surface area (Å²) < 4.78 is 22.7. The van der Waals surface area contributed by atoms with E-state index in [2.05, 4.69) is 35.7 Å². The van der Waals surface area contributed by atoms with E-state index in [1.165, 1.54) is 16.7 Å². The molecule has 2 amide bonds. The molecule has 0 radical (unpaired) electrons. The Kier molecular flexibility index (Phi) is 15.8. The third-order valence-electron chi connectivity index (χ3n) is 13.2. The van der Waals surface area contributed by atoms with Crippen LogP contribution in [0.2, 0.25) is 10.0 Å². The molecule has 0 saturated carbocycles. The summed E-state index contributed by atoms with van der Waals surface area (Å²) in [5.74, 6) is -1.08. The van der Waals surface area contributed by atoms with Gasteiger partial charge in [-0.3, -0.25) is 19.3 Å². The zero-order chi connectivity index (χ0) is 50.5. The summed E-state index contributed by atoms with van der Waals surface area (Å²) in [4.78, 5) is 64.8. The number of hydrogen-bond donors (Lipinski definition) is 6. The van der Waals surface area contributed by atoms with Crippen LogP contribution in [-0.4, -0.2) is 101 Å². The van der Waals surface area contributed by atoms with Crippen LogP contribution in [0.25, 0.3) is 28.2 Å². The van der Waals surface area contributed by atoms with Gasteiger partial charge < -0.3 is 35.5 Å². The number of halogens is 3. The lowest BCUT2D eigenvalue weighted by Gasteiger charge is -2.37. The molecule has 71 heavy (non-hydrogen) atoms. The molecule has 8 rings (SSSR count). The molecule has 1 unspecified atom stereocenters. The van der Waals surface area contributed by atoms with Crippen molar-refractivity contribution in [2.45, 2.75) is 84.3 Å². The van der Waals surface area contributed by atoms with Gasteiger partial charge in [0, 0.05) is 78.2 Å². The molecule has 6 N–H and O–H groups in total. The molecule has 16 nitrogen and oxygen atoms in total. The molecule has 0 bridgehead atoms. The molecular formula is C52H58Cl2FN9O7. The van der Waals surface area contributed by atoms with E-state index in [-0.39, 0.29) is 77.0 Å². The molecule has 6 aromatic rings. The van der Waals surface area contributed by atoms with Crippen molar-refractivity contribution < 1.29 is 33.7 Å². The first-order valence-corrected chi connectivity index (χ1v) is 24.6. The summed E-state index contributed by atoms with van der Waals surface area (Å²) >= 11 is 12.8. The van der Waals surface area contributed by atoms with E-state index in [4.69, 9.17) is 27.9 Å². The molecule has 19 heteroatoms. The summed E-state index contributed by atoms with van der Waals surface area (Å²) in [6, 6.07) is 17.3. The number of phenolic OH excluding ortho intramolecular Hbond substituents is 2. The van der Waals surface area contributed by atoms with Gasteiger partial charge in [0.05, 0.1) is 22.3 Å². The number of likely N-dealkylation sites (tertiary alicyclic amines) is 2. The second-order valence-electron chi connectivity index (χ2n) is 19.0. The molecule has 0 aliphatic carbocycles. The molecule has 3 aromatic heterocycles. The molecule has 374 valence electrons. The van der Waals surface area contributed by atoms with Gasteiger partial charge in [0.1, 0.15) is 35.4 Å². The van der Waals surface area contributed by atoms with Crippen molar-refractivity contribution in [3.8, 4) is 39.7 Å². The molecular weight excluding hydrogens is 953 g/mol. The van der Waals surface area contributed by atoms with Gasteiger partial charge in [0.15, 0.2) is 5.82 Å². The fraction of sp³-hybridized carbons (Fsp3) is 0.385. The summed E-state index contributed by atoms with van der Waals surface area (Å²) in [7, 11) is 0. The molecule has 5 heterocycles. The van der Waals surface area contributed by atoms with E-state index in [0.29, 0.717) is 102 Å². The van der Waals surface area contributed by atoms with Crippen LogP contribution in [0.5, 0.6) is 11.5 Å². The van der Waals surface area contributed by atoms with Crippen molar-refractivity contribution in [1.29, 1.82) is 0 Å². The maximum Gasteiger partial charge on any atom is 0.348 e. The Labute approximate surface area is 420 Å². The van der Waals surface area contributed by atoms with Crippen molar-refractivity contribution >= 4 is 46.8 Å². The number of piperidine rings is 2. The first kappa shape index (κ1) is 50.7. The number of rotatable bonds is 16. The zero-order valence-corrected chi connectivity index (χ0v) is 41.5. The van der Waals surface area contributed by atoms with Crippen LogP contribution in [0.3, 0.4) is 0 Å². The minimum Gasteiger partial charge on any atom is -0.508 e. The molecule has 2 saturated heterocycles. The van der Waals surface area contributed by atoms with E-state index < -0.39 is 29.4 Å². The standard InChI is InChI=1S/C52H58Cl2FN9O7/c1-29(2)38-22-40(46(66)24-45(38)65)49-60-61-52(70)64(49)37-9-8-34(42(55)21-37)27-62-14-12-32(13-15-62)51(69)63-16-10-31(11-17-63)18-48(67)71-28-44(33-6-5-7-36(53)19-33)59-50(68)43-20-35(25-56-43)39-23-47(58-30(3)4)57-26-41(39)54/h5-9,19-26,29-32,44,56,65-66H,10-18,27-28H2,1-4H3,(H,57,58)(H,59,68)(H,61,70). The second-order valence-corrected chi connectivity index (χ2v) is 19.8. The SMILES string of the molecule is CC(C)Nc1cc(-c2c[nH]c(C(=O)NC(COC(=O)CC3CCN(C(=O)C4CCN(Cc5ccc(-n6c(-c7cc(C(C)C)c(O)cc7O)n[nH]c6=O)cc5F)CC4)CC3)c3cccc(Cl)c3)c2)c(Cl)cn1. The van der Waals surface area contributed by atoms with Crippen LogP contribution in [0, 0.1) is 17.7 Å². The second kappa shape index (κ2) is 22.2. The van der Waals surface area contributed by atoms with Gasteiger partial charge in [-0.15, -0.1) is 0 Å².